The van der Waals surface area contributed by atoms with Crippen LogP contribution in [0.3, 0.4) is 0 Å². The number of benzene rings is 1. The van der Waals surface area contributed by atoms with Gasteiger partial charge < -0.3 is 15.4 Å². The summed E-state index contributed by atoms with van der Waals surface area (Å²) in [5, 5.41) is 16.8. The number of ether oxygens (including phenoxy) is 1. The summed E-state index contributed by atoms with van der Waals surface area (Å²) >= 11 is 0. The number of hydrogen-bond acceptors (Lipinski definition) is 7. The first kappa shape index (κ1) is 14.5. The maximum atomic E-state index is 11.2. The van der Waals surface area contributed by atoms with Crippen molar-refractivity contribution in [3.8, 4) is 5.75 Å². The average molecular weight is 289 g/mol. The van der Waals surface area contributed by atoms with E-state index in [4.69, 9.17) is 4.74 Å². The van der Waals surface area contributed by atoms with E-state index in [2.05, 4.69) is 20.6 Å². The molecule has 110 valence electrons. The number of nitrogens with one attached hydrogen (secondary N) is 2. The molecule has 2 aromatic rings. The summed E-state index contributed by atoms with van der Waals surface area (Å²) in [6, 6.07) is 7.16. The third-order valence-corrected chi connectivity index (χ3v) is 2.68. The van der Waals surface area contributed by atoms with Crippen LogP contribution in [0, 0.1) is 10.1 Å². The lowest BCUT2D eigenvalue weighted by Gasteiger charge is -2.12. The number of nitro groups is 1. The second-order valence-electron chi connectivity index (χ2n) is 3.98. The molecule has 2 rings (SSSR count). The van der Waals surface area contributed by atoms with E-state index in [1.54, 1.807) is 25.2 Å². The van der Waals surface area contributed by atoms with Crippen molar-refractivity contribution in [1.29, 1.82) is 0 Å². The van der Waals surface area contributed by atoms with Crippen LogP contribution in [0.2, 0.25) is 0 Å². The maximum Gasteiger partial charge on any atom is 0.353 e. The Bertz CT molecular complexity index is 647. The van der Waals surface area contributed by atoms with Crippen LogP contribution < -0.4 is 15.4 Å². The Morgan fingerprint density at radius 2 is 2.00 bits per heavy atom. The molecule has 0 unspecified atom stereocenters. The number of para-hydroxylation sites is 2. The van der Waals surface area contributed by atoms with E-state index in [-0.39, 0.29) is 17.3 Å². The third-order valence-electron chi connectivity index (χ3n) is 2.68. The van der Waals surface area contributed by atoms with Crippen molar-refractivity contribution in [2.45, 2.75) is 6.92 Å². The molecule has 8 heteroatoms. The van der Waals surface area contributed by atoms with Crippen molar-refractivity contribution in [2.24, 2.45) is 0 Å². The molecule has 1 heterocycles. The minimum atomic E-state index is -0.530. The van der Waals surface area contributed by atoms with E-state index < -0.39 is 4.92 Å². The van der Waals surface area contributed by atoms with Gasteiger partial charge in [-0.1, -0.05) is 12.1 Å². The number of anilines is 3. The van der Waals surface area contributed by atoms with Crippen LogP contribution >= 0.6 is 0 Å². The number of rotatable bonds is 6. The van der Waals surface area contributed by atoms with Gasteiger partial charge in [-0.05, 0) is 19.1 Å². The molecule has 0 radical (unpaired) electrons. The summed E-state index contributed by atoms with van der Waals surface area (Å²) in [6.07, 6.45) is 1.25. The smallest absolute Gasteiger partial charge is 0.353 e. The first-order chi connectivity index (χ1) is 10.2. The molecule has 0 saturated carbocycles. The highest BCUT2D eigenvalue weighted by Crippen LogP contribution is 2.33. The van der Waals surface area contributed by atoms with E-state index in [1.165, 1.54) is 6.33 Å². The van der Waals surface area contributed by atoms with Crippen LogP contribution in [0.1, 0.15) is 6.92 Å². The Labute approximate surface area is 121 Å². The Balaban J connectivity index is 2.42. The van der Waals surface area contributed by atoms with Crippen LogP contribution in [0.25, 0.3) is 0 Å². The van der Waals surface area contributed by atoms with Crippen molar-refractivity contribution in [3.05, 3.63) is 40.7 Å². The molecule has 0 amide bonds. The Morgan fingerprint density at radius 3 is 2.67 bits per heavy atom. The average Bonchev–Trinajstić information content (AvgIpc) is 2.49. The summed E-state index contributed by atoms with van der Waals surface area (Å²) in [6.45, 7) is 2.36. The van der Waals surface area contributed by atoms with Crippen molar-refractivity contribution in [1.82, 2.24) is 9.97 Å². The standard InChI is InChI=1S/C13H15N5O3/c1-3-21-10-7-5-4-6-9(10)17-13-11(18(19)20)12(14-2)15-8-16-13/h4-8H,3H2,1-2H3,(H2,14,15,16,17). The van der Waals surface area contributed by atoms with Crippen molar-refractivity contribution >= 4 is 23.0 Å². The fourth-order valence-corrected chi connectivity index (χ4v) is 1.80. The third kappa shape index (κ3) is 3.16. The normalized spacial score (nSPS) is 10.0. The van der Waals surface area contributed by atoms with Crippen LogP contribution in [-0.4, -0.2) is 28.5 Å². The molecule has 1 aromatic carbocycles. The predicted molar refractivity (Wildman–Crippen MR) is 79.1 cm³/mol. The van der Waals surface area contributed by atoms with Gasteiger partial charge in [0.05, 0.1) is 17.2 Å². The second-order valence-corrected chi connectivity index (χ2v) is 3.98. The monoisotopic (exact) mass is 289 g/mol. The zero-order valence-corrected chi connectivity index (χ0v) is 11.7. The molecule has 2 N–H and O–H groups in total. The van der Waals surface area contributed by atoms with E-state index in [0.717, 1.165) is 0 Å². The van der Waals surface area contributed by atoms with Crippen LogP contribution in [-0.2, 0) is 0 Å². The highest BCUT2D eigenvalue weighted by molar-refractivity contribution is 5.75. The van der Waals surface area contributed by atoms with Gasteiger partial charge in [0.15, 0.2) is 0 Å². The SMILES string of the molecule is CCOc1ccccc1Nc1ncnc(NC)c1[N+](=O)[O-]. The molecule has 0 atom stereocenters. The molecule has 1 aromatic heterocycles. The molecular formula is C13H15N5O3. The predicted octanol–water partition coefficient (Wildman–Crippen LogP) is 2.57. The van der Waals surface area contributed by atoms with E-state index in [1.807, 2.05) is 13.0 Å². The van der Waals surface area contributed by atoms with Gasteiger partial charge in [0.25, 0.3) is 0 Å². The molecule has 0 spiro atoms. The summed E-state index contributed by atoms with van der Waals surface area (Å²) in [7, 11) is 1.56. The lowest BCUT2D eigenvalue weighted by Crippen LogP contribution is -2.06. The van der Waals surface area contributed by atoms with Crippen molar-refractivity contribution in [3.63, 3.8) is 0 Å². The topological polar surface area (TPSA) is 102 Å². The summed E-state index contributed by atoms with van der Waals surface area (Å²) in [4.78, 5) is 18.5. The Kier molecular flexibility index (Phi) is 4.50. The van der Waals surface area contributed by atoms with Gasteiger partial charge in [0, 0.05) is 7.05 Å². The molecule has 0 saturated heterocycles. The zero-order chi connectivity index (χ0) is 15.2. The zero-order valence-electron chi connectivity index (χ0n) is 11.7. The van der Waals surface area contributed by atoms with Gasteiger partial charge in [-0.25, -0.2) is 9.97 Å². The molecule has 8 nitrogen and oxygen atoms in total. The minimum Gasteiger partial charge on any atom is -0.492 e. The number of hydrogen-bond donors (Lipinski definition) is 2. The summed E-state index contributed by atoms with van der Waals surface area (Å²) < 4.78 is 5.47. The fraction of sp³-hybridized carbons (Fsp3) is 0.231. The van der Waals surface area contributed by atoms with Crippen molar-refractivity contribution < 1.29 is 9.66 Å². The Hall–Kier alpha value is -2.90. The largest absolute Gasteiger partial charge is 0.492 e. The molecule has 0 bridgehead atoms. The molecular weight excluding hydrogens is 274 g/mol. The molecule has 0 fully saturated rings. The van der Waals surface area contributed by atoms with Gasteiger partial charge >= 0.3 is 5.69 Å². The van der Waals surface area contributed by atoms with Gasteiger partial charge in [-0.3, -0.25) is 10.1 Å². The lowest BCUT2D eigenvalue weighted by atomic mass is 10.3. The minimum absolute atomic E-state index is 0.103. The first-order valence-corrected chi connectivity index (χ1v) is 6.33. The van der Waals surface area contributed by atoms with Gasteiger partial charge in [0.1, 0.15) is 12.1 Å². The molecule has 0 aliphatic rings. The van der Waals surface area contributed by atoms with Crippen LogP contribution in [0.4, 0.5) is 23.0 Å². The van der Waals surface area contributed by atoms with Gasteiger partial charge in [-0.15, -0.1) is 0 Å². The fourth-order valence-electron chi connectivity index (χ4n) is 1.80. The van der Waals surface area contributed by atoms with E-state index in [0.29, 0.717) is 18.0 Å². The maximum absolute atomic E-state index is 11.2. The molecule has 0 aliphatic carbocycles. The molecule has 21 heavy (non-hydrogen) atoms. The number of aromatic nitrogens is 2. The second kappa shape index (κ2) is 6.51. The first-order valence-electron chi connectivity index (χ1n) is 6.33. The van der Waals surface area contributed by atoms with Gasteiger partial charge in [0.2, 0.25) is 11.6 Å². The molecule has 0 aliphatic heterocycles. The highest BCUT2D eigenvalue weighted by Gasteiger charge is 2.22. The van der Waals surface area contributed by atoms with Gasteiger partial charge in [-0.2, -0.15) is 0 Å². The van der Waals surface area contributed by atoms with Crippen LogP contribution in [0.5, 0.6) is 5.75 Å². The quantitative estimate of drug-likeness (QED) is 0.622. The highest BCUT2D eigenvalue weighted by atomic mass is 16.6. The van der Waals surface area contributed by atoms with Crippen molar-refractivity contribution in [2.75, 3.05) is 24.3 Å². The lowest BCUT2D eigenvalue weighted by molar-refractivity contribution is -0.383. The summed E-state index contributed by atoms with van der Waals surface area (Å²) in [5.74, 6) is 0.844. The van der Waals surface area contributed by atoms with Crippen LogP contribution in [0.15, 0.2) is 30.6 Å². The van der Waals surface area contributed by atoms with E-state index in [9.17, 15) is 10.1 Å². The van der Waals surface area contributed by atoms with E-state index >= 15 is 0 Å². The Morgan fingerprint density at radius 1 is 1.29 bits per heavy atom. The summed E-state index contributed by atoms with van der Waals surface area (Å²) in [5.41, 5.74) is 0.384. The number of nitrogens with zero attached hydrogens (tertiary/aromatic N) is 3.